The second-order valence-electron chi connectivity index (χ2n) is 7.99. The van der Waals surface area contributed by atoms with E-state index in [1.807, 2.05) is 0 Å². The summed E-state index contributed by atoms with van der Waals surface area (Å²) in [5.74, 6) is -4.20. The maximum atomic E-state index is 14.0. The average Bonchev–Trinajstić information content (AvgIpc) is 3.32. The van der Waals surface area contributed by atoms with Crippen molar-refractivity contribution in [3.63, 3.8) is 0 Å². The summed E-state index contributed by atoms with van der Waals surface area (Å²) in [4.78, 5) is 35.7. The van der Waals surface area contributed by atoms with Crippen LogP contribution in [0.15, 0.2) is 42.5 Å². The summed E-state index contributed by atoms with van der Waals surface area (Å²) in [7, 11) is 0. The molecule has 0 fully saturated rings. The second-order valence-corrected chi connectivity index (χ2v) is 8.97. The molecular weight excluding hydrogens is 527 g/mol. The molecule has 1 aromatic heterocycles. The molecule has 0 aliphatic rings. The van der Waals surface area contributed by atoms with Gasteiger partial charge in [-0.2, -0.15) is 0 Å². The topological polar surface area (TPSA) is 134 Å². The Kier molecular flexibility index (Phi) is 10.1. The number of halogens is 3. The van der Waals surface area contributed by atoms with Crippen LogP contribution in [0.1, 0.15) is 31.7 Å². The van der Waals surface area contributed by atoms with Gasteiger partial charge in [-0.3, -0.25) is 19.9 Å². The number of hydrogen-bond donors (Lipinski definition) is 3. The minimum absolute atomic E-state index is 0.0406. The molecule has 14 heteroatoms. The number of nitrogens with zero attached hydrogens (tertiary/aromatic N) is 3. The monoisotopic (exact) mass is 551 g/mol. The van der Waals surface area contributed by atoms with E-state index in [0.29, 0.717) is 0 Å². The van der Waals surface area contributed by atoms with E-state index in [1.165, 1.54) is 37.3 Å². The van der Waals surface area contributed by atoms with Crippen molar-refractivity contribution < 1.29 is 37.4 Å². The number of amides is 2. The van der Waals surface area contributed by atoms with Gasteiger partial charge in [-0.15, -0.1) is 10.2 Å². The minimum atomic E-state index is -1.08. The highest BCUT2D eigenvalue weighted by Crippen LogP contribution is 2.28. The van der Waals surface area contributed by atoms with E-state index in [9.17, 15) is 27.6 Å². The smallest absolute Gasteiger partial charge is 0.413 e. The Bertz CT molecular complexity index is 1290. The van der Waals surface area contributed by atoms with E-state index < -0.39 is 41.5 Å². The first-order chi connectivity index (χ1) is 18.2. The molecule has 202 valence electrons. The summed E-state index contributed by atoms with van der Waals surface area (Å²) in [5.41, 5.74) is 2.87. The number of benzene rings is 2. The van der Waals surface area contributed by atoms with E-state index in [2.05, 4.69) is 20.9 Å². The van der Waals surface area contributed by atoms with Crippen molar-refractivity contribution in [2.75, 3.05) is 11.9 Å². The quantitative estimate of drug-likeness (QED) is 0.283. The standard InChI is InChI=1S/C24H24F3N5O5S/c1-14(33)32(28-12-15-6-4-10-19(26)21(15)27)16(7-5-11-20(34)35)13-37-24(36)29-23-31-30-22(38-23)17-8-2-3-9-18(17)25/h2-4,6,8-10,16,28H,5,7,11-13H2,1H3,(H,34,35)(H,29,31,36)/t16-/m0/s1. The summed E-state index contributed by atoms with van der Waals surface area (Å²) >= 11 is 0.917. The van der Waals surface area contributed by atoms with Crippen LogP contribution in [0.5, 0.6) is 0 Å². The highest BCUT2D eigenvalue weighted by atomic mass is 32.1. The number of hydrazine groups is 1. The molecule has 0 aliphatic heterocycles. The molecule has 1 heterocycles. The van der Waals surface area contributed by atoms with Crippen molar-refractivity contribution in [1.29, 1.82) is 0 Å². The van der Waals surface area contributed by atoms with Gasteiger partial charge in [-0.05, 0) is 31.0 Å². The number of anilines is 1. The van der Waals surface area contributed by atoms with Crippen molar-refractivity contribution >= 4 is 34.4 Å². The lowest BCUT2D eigenvalue weighted by atomic mass is 10.1. The predicted molar refractivity (Wildman–Crippen MR) is 131 cm³/mol. The second kappa shape index (κ2) is 13.5. The van der Waals surface area contributed by atoms with E-state index in [0.717, 1.165) is 22.4 Å². The SMILES string of the molecule is CC(=O)N(NCc1cccc(F)c1F)[C@@H](CCCC(=O)O)COC(=O)Nc1nnc(-c2ccccc2F)s1. The van der Waals surface area contributed by atoms with Gasteiger partial charge in [0.05, 0.1) is 6.04 Å². The molecule has 0 aliphatic carbocycles. The first-order valence-corrected chi connectivity index (χ1v) is 12.2. The van der Waals surface area contributed by atoms with Crippen LogP contribution >= 0.6 is 11.3 Å². The molecule has 3 N–H and O–H groups in total. The highest BCUT2D eigenvalue weighted by Gasteiger charge is 2.24. The number of aromatic nitrogens is 2. The lowest BCUT2D eigenvalue weighted by Gasteiger charge is -2.31. The number of carbonyl (C=O) groups is 3. The third kappa shape index (κ3) is 7.98. The van der Waals surface area contributed by atoms with E-state index >= 15 is 0 Å². The molecule has 3 aromatic rings. The van der Waals surface area contributed by atoms with Crippen LogP contribution in [0.3, 0.4) is 0 Å². The van der Waals surface area contributed by atoms with E-state index in [-0.39, 0.29) is 53.7 Å². The summed E-state index contributed by atoms with van der Waals surface area (Å²) in [5, 5.41) is 20.3. The number of hydrogen-bond acceptors (Lipinski definition) is 8. The molecule has 0 unspecified atom stereocenters. The molecule has 0 spiro atoms. The van der Waals surface area contributed by atoms with Crippen molar-refractivity contribution in [1.82, 2.24) is 20.6 Å². The predicted octanol–water partition coefficient (Wildman–Crippen LogP) is 4.35. The number of carboxylic acids is 1. The van der Waals surface area contributed by atoms with Crippen molar-refractivity contribution in [3.05, 3.63) is 65.5 Å². The number of carbonyl (C=O) groups excluding carboxylic acids is 2. The summed E-state index contributed by atoms with van der Waals surface area (Å²) in [6, 6.07) is 8.71. The molecule has 10 nitrogen and oxygen atoms in total. The fourth-order valence-electron chi connectivity index (χ4n) is 3.44. The average molecular weight is 552 g/mol. The number of ether oxygens (including phenoxy) is 1. The molecular formula is C24H24F3N5O5S. The third-order valence-corrected chi connectivity index (χ3v) is 6.12. The van der Waals surface area contributed by atoms with Gasteiger partial charge >= 0.3 is 12.1 Å². The molecule has 2 aromatic carbocycles. The van der Waals surface area contributed by atoms with Gasteiger partial charge in [0, 0.05) is 31.0 Å². The summed E-state index contributed by atoms with van der Waals surface area (Å²) in [6.07, 6.45) is -0.873. The molecule has 38 heavy (non-hydrogen) atoms. The van der Waals surface area contributed by atoms with Gasteiger partial charge in [0.2, 0.25) is 11.0 Å². The molecule has 1 atom stereocenters. The van der Waals surface area contributed by atoms with Crippen LogP contribution in [0.2, 0.25) is 0 Å². The molecule has 0 bridgehead atoms. The van der Waals surface area contributed by atoms with Crippen LogP contribution in [0.4, 0.5) is 23.1 Å². The number of aliphatic carboxylic acids is 1. The molecule has 0 radical (unpaired) electrons. The van der Waals surface area contributed by atoms with Gasteiger partial charge in [0.25, 0.3) is 0 Å². The number of carboxylic acid groups (broad SMARTS) is 1. The Hall–Kier alpha value is -4.04. The Balaban J connectivity index is 1.65. The fraction of sp³-hybridized carbons (Fsp3) is 0.292. The first-order valence-electron chi connectivity index (χ1n) is 11.4. The lowest BCUT2D eigenvalue weighted by Crippen LogP contribution is -2.50. The van der Waals surface area contributed by atoms with Gasteiger partial charge in [-0.1, -0.05) is 35.6 Å². The van der Waals surface area contributed by atoms with Crippen LogP contribution in [-0.4, -0.2) is 50.9 Å². The normalized spacial score (nSPS) is 11.6. The number of rotatable bonds is 12. The highest BCUT2D eigenvalue weighted by molar-refractivity contribution is 7.18. The van der Waals surface area contributed by atoms with E-state index in [4.69, 9.17) is 9.84 Å². The van der Waals surface area contributed by atoms with Crippen molar-refractivity contribution in [3.8, 4) is 10.6 Å². The largest absolute Gasteiger partial charge is 0.481 e. The van der Waals surface area contributed by atoms with Crippen molar-refractivity contribution in [2.24, 2.45) is 0 Å². The number of nitrogens with one attached hydrogen (secondary N) is 2. The van der Waals surface area contributed by atoms with Gasteiger partial charge in [0.1, 0.15) is 12.4 Å². The van der Waals surface area contributed by atoms with Gasteiger partial charge in [-0.25, -0.2) is 23.4 Å². The van der Waals surface area contributed by atoms with Crippen molar-refractivity contribution in [2.45, 2.75) is 38.8 Å². The fourth-order valence-corrected chi connectivity index (χ4v) is 4.20. The zero-order valence-corrected chi connectivity index (χ0v) is 20.9. The molecule has 2 amide bonds. The Morgan fingerprint density at radius 3 is 2.53 bits per heavy atom. The first kappa shape index (κ1) is 28.5. The van der Waals surface area contributed by atoms with E-state index in [1.54, 1.807) is 6.07 Å². The van der Waals surface area contributed by atoms with Gasteiger partial charge < -0.3 is 9.84 Å². The zero-order chi connectivity index (χ0) is 27.7. The third-order valence-electron chi connectivity index (χ3n) is 5.25. The van der Waals surface area contributed by atoms with Crippen LogP contribution in [0.25, 0.3) is 10.6 Å². The minimum Gasteiger partial charge on any atom is -0.481 e. The maximum Gasteiger partial charge on any atom is 0.413 e. The van der Waals surface area contributed by atoms with Crippen LogP contribution in [0, 0.1) is 17.5 Å². The Morgan fingerprint density at radius 2 is 1.82 bits per heavy atom. The molecule has 0 saturated carbocycles. The van der Waals surface area contributed by atoms with Crippen LogP contribution < -0.4 is 10.7 Å². The molecule has 3 rings (SSSR count). The molecule has 0 saturated heterocycles. The van der Waals surface area contributed by atoms with Gasteiger partial charge in [0.15, 0.2) is 16.6 Å². The maximum absolute atomic E-state index is 14.0. The summed E-state index contributed by atoms with van der Waals surface area (Å²) < 4.78 is 46.8. The zero-order valence-electron chi connectivity index (χ0n) is 20.1. The lowest BCUT2D eigenvalue weighted by molar-refractivity contribution is -0.137. The summed E-state index contributed by atoms with van der Waals surface area (Å²) in [6.45, 7) is 0.599. The Morgan fingerprint density at radius 1 is 1.08 bits per heavy atom. The van der Waals surface area contributed by atoms with Crippen LogP contribution in [-0.2, 0) is 20.9 Å². The Labute approximate surface area is 219 Å².